The molecule has 0 saturated carbocycles. The van der Waals surface area contributed by atoms with E-state index in [1.165, 1.54) is 0 Å². The Morgan fingerprint density at radius 2 is 2.12 bits per heavy atom. The second-order valence-electron chi connectivity index (χ2n) is 4.03. The van der Waals surface area contributed by atoms with Crippen molar-refractivity contribution in [2.45, 2.75) is 18.9 Å². The Kier molecular flexibility index (Phi) is 2.85. The van der Waals surface area contributed by atoms with Crippen molar-refractivity contribution in [2.75, 3.05) is 23.3 Å². The average molecular weight is 220 g/mol. The molecule has 0 aliphatic carbocycles. The molecule has 5 heteroatoms. The zero-order valence-corrected chi connectivity index (χ0v) is 8.99. The predicted octanol–water partition coefficient (Wildman–Crippen LogP) is 0.541. The molecular formula is C11H16N4O. The summed E-state index contributed by atoms with van der Waals surface area (Å²) in [5, 5.41) is 6.14. The Morgan fingerprint density at radius 1 is 1.31 bits per heavy atom. The highest BCUT2D eigenvalue weighted by Gasteiger charge is 2.17. The van der Waals surface area contributed by atoms with E-state index < -0.39 is 0 Å². The van der Waals surface area contributed by atoms with E-state index in [1.807, 2.05) is 12.1 Å². The van der Waals surface area contributed by atoms with Gasteiger partial charge in [0, 0.05) is 24.7 Å². The fraction of sp³-hybridized carbons (Fsp3) is 0.364. The van der Waals surface area contributed by atoms with Gasteiger partial charge in [-0.2, -0.15) is 0 Å². The van der Waals surface area contributed by atoms with Crippen LogP contribution in [0.4, 0.5) is 17.1 Å². The van der Waals surface area contributed by atoms with Crippen LogP contribution in [-0.2, 0) is 4.79 Å². The van der Waals surface area contributed by atoms with Gasteiger partial charge in [0.15, 0.2) is 0 Å². The summed E-state index contributed by atoms with van der Waals surface area (Å²) in [5.41, 5.74) is 13.4. The molecule has 1 aromatic rings. The summed E-state index contributed by atoms with van der Waals surface area (Å²) in [6, 6.07) is 5.74. The smallest absolute Gasteiger partial charge is 0.220 e. The largest absolute Gasteiger partial charge is 0.397 e. The third-order valence-corrected chi connectivity index (χ3v) is 2.72. The van der Waals surface area contributed by atoms with Gasteiger partial charge >= 0.3 is 0 Å². The van der Waals surface area contributed by atoms with Gasteiger partial charge in [0.25, 0.3) is 0 Å². The van der Waals surface area contributed by atoms with Crippen LogP contribution >= 0.6 is 0 Å². The number of rotatable bonds is 2. The average Bonchev–Trinajstić information content (AvgIpc) is 2.27. The number of amides is 1. The zero-order chi connectivity index (χ0) is 11.5. The molecule has 16 heavy (non-hydrogen) atoms. The summed E-state index contributed by atoms with van der Waals surface area (Å²) in [6.45, 7) is 0.656. The van der Waals surface area contributed by atoms with Crippen molar-refractivity contribution in [3.8, 4) is 0 Å². The molecule has 1 unspecified atom stereocenters. The number of hydrogen-bond acceptors (Lipinski definition) is 4. The van der Waals surface area contributed by atoms with Crippen LogP contribution < -0.4 is 22.1 Å². The second kappa shape index (κ2) is 4.30. The van der Waals surface area contributed by atoms with Gasteiger partial charge < -0.3 is 22.1 Å². The van der Waals surface area contributed by atoms with Gasteiger partial charge in [-0.05, 0) is 24.6 Å². The molecule has 5 nitrogen and oxygen atoms in total. The Labute approximate surface area is 94.2 Å². The monoisotopic (exact) mass is 220 g/mol. The number of benzene rings is 1. The summed E-state index contributed by atoms with van der Waals surface area (Å²) in [7, 11) is 0. The lowest BCUT2D eigenvalue weighted by atomic mass is 10.1. The minimum Gasteiger partial charge on any atom is -0.397 e. The number of hydrogen-bond donors (Lipinski definition) is 4. The standard InChI is InChI=1S/C11H16N4O/c12-9-3-1-7(5-10(9)13)15-8-2-4-11(16)14-6-8/h1,3,5,8,15H,2,4,6,12-13H2,(H,14,16). The number of nitrogens with two attached hydrogens (primary N) is 2. The van der Waals surface area contributed by atoms with Gasteiger partial charge in [0.05, 0.1) is 11.4 Å². The summed E-state index contributed by atoms with van der Waals surface area (Å²) in [4.78, 5) is 11.0. The Hall–Kier alpha value is -1.91. The van der Waals surface area contributed by atoms with Crippen LogP contribution in [0.2, 0.25) is 0 Å². The molecule has 0 spiro atoms. The summed E-state index contributed by atoms with van der Waals surface area (Å²) in [6.07, 6.45) is 1.41. The van der Waals surface area contributed by atoms with Crippen LogP contribution in [0, 0.1) is 0 Å². The SMILES string of the molecule is Nc1ccc(NC2CCC(=O)NC2)cc1N. The summed E-state index contributed by atoms with van der Waals surface area (Å²) < 4.78 is 0. The molecule has 1 amide bonds. The highest BCUT2D eigenvalue weighted by Crippen LogP contribution is 2.21. The first-order chi connectivity index (χ1) is 7.65. The van der Waals surface area contributed by atoms with Crippen molar-refractivity contribution < 1.29 is 4.79 Å². The van der Waals surface area contributed by atoms with Gasteiger partial charge in [-0.3, -0.25) is 4.79 Å². The van der Waals surface area contributed by atoms with Crippen molar-refractivity contribution in [1.82, 2.24) is 5.32 Å². The van der Waals surface area contributed by atoms with E-state index in [2.05, 4.69) is 10.6 Å². The normalized spacial score (nSPS) is 20.2. The van der Waals surface area contributed by atoms with Gasteiger partial charge in [0.1, 0.15) is 0 Å². The highest BCUT2D eigenvalue weighted by molar-refractivity contribution is 5.77. The number of piperidine rings is 1. The Balaban J connectivity index is 1.98. The van der Waals surface area contributed by atoms with Crippen LogP contribution in [0.15, 0.2) is 18.2 Å². The van der Waals surface area contributed by atoms with E-state index in [-0.39, 0.29) is 11.9 Å². The lowest BCUT2D eigenvalue weighted by Gasteiger charge is -2.24. The quantitative estimate of drug-likeness (QED) is 0.547. The van der Waals surface area contributed by atoms with E-state index >= 15 is 0 Å². The molecule has 1 fully saturated rings. The van der Waals surface area contributed by atoms with Gasteiger partial charge in [-0.1, -0.05) is 0 Å². The van der Waals surface area contributed by atoms with Gasteiger partial charge in [-0.15, -0.1) is 0 Å². The van der Waals surface area contributed by atoms with E-state index in [4.69, 9.17) is 11.5 Å². The Morgan fingerprint density at radius 3 is 2.75 bits per heavy atom. The first kappa shape index (κ1) is 10.6. The predicted molar refractivity (Wildman–Crippen MR) is 64.9 cm³/mol. The van der Waals surface area contributed by atoms with Crippen LogP contribution in [0.1, 0.15) is 12.8 Å². The minimum absolute atomic E-state index is 0.120. The van der Waals surface area contributed by atoms with E-state index in [1.54, 1.807) is 6.07 Å². The third-order valence-electron chi connectivity index (χ3n) is 2.72. The van der Waals surface area contributed by atoms with Crippen molar-refractivity contribution in [1.29, 1.82) is 0 Å². The van der Waals surface area contributed by atoms with Crippen molar-refractivity contribution in [2.24, 2.45) is 0 Å². The van der Waals surface area contributed by atoms with E-state index in [0.717, 1.165) is 12.1 Å². The number of carbonyl (C=O) groups is 1. The van der Waals surface area contributed by atoms with Gasteiger partial charge in [0.2, 0.25) is 5.91 Å². The molecule has 0 radical (unpaired) electrons. The molecule has 1 aliphatic rings. The molecule has 1 atom stereocenters. The van der Waals surface area contributed by atoms with Crippen LogP contribution in [0.3, 0.4) is 0 Å². The minimum atomic E-state index is 0.120. The lowest BCUT2D eigenvalue weighted by Crippen LogP contribution is -2.41. The molecule has 1 saturated heterocycles. The van der Waals surface area contributed by atoms with E-state index in [9.17, 15) is 4.79 Å². The topological polar surface area (TPSA) is 93.2 Å². The van der Waals surface area contributed by atoms with Crippen molar-refractivity contribution in [3.05, 3.63) is 18.2 Å². The molecule has 1 aromatic carbocycles. The molecule has 6 N–H and O–H groups in total. The summed E-state index contributed by atoms with van der Waals surface area (Å²) in [5.74, 6) is 0.120. The molecule has 0 aromatic heterocycles. The number of nitrogens with one attached hydrogen (secondary N) is 2. The maximum absolute atomic E-state index is 11.0. The number of anilines is 3. The first-order valence-electron chi connectivity index (χ1n) is 5.33. The van der Waals surface area contributed by atoms with Crippen LogP contribution in [0.5, 0.6) is 0 Å². The van der Waals surface area contributed by atoms with Crippen LogP contribution in [-0.4, -0.2) is 18.5 Å². The van der Waals surface area contributed by atoms with E-state index in [0.29, 0.717) is 24.3 Å². The second-order valence-corrected chi connectivity index (χ2v) is 4.03. The van der Waals surface area contributed by atoms with Crippen molar-refractivity contribution >= 4 is 23.0 Å². The molecule has 1 aliphatic heterocycles. The van der Waals surface area contributed by atoms with Crippen LogP contribution in [0.25, 0.3) is 0 Å². The molecule has 0 bridgehead atoms. The van der Waals surface area contributed by atoms with Crippen molar-refractivity contribution in [3.63, 3.8) is 0 Å². The molecule has 1 heterocycles. The van der Waals surface area contributed by atoms with Gasteiger partial charge in [-0.25, -0.2) is 0 Å². The fourth-order valence-corrected chi connectivity index (χ4v) is 1.76. The Bertz CT molecular complexity index is 395. The number of nitrogen functional groups attached to an aromatic ring is 2. The summed E-state index contributed by atoms with van der Waals surface area (Å²) >= 11 is 0. The lowest BCUT2D eigenvalue weighted by molar-refractivity contribution is -0.122. The highest BCUT2D eigenvalue weighted by atomic mass is 16.1. The number of carbonyl (C=O) groups excluding carboxylic acids is 1. The maximum atomic E-state index is 11.0. The first-order valence-corrected chi connectivity index (χ1v) is 5.33. The molecular weight excluding hydrogens is 204 g/mol. The third kappa shape index (κ3) is 2.36. The fourth-order valence-electron chi connectivity index (χ4n) is 1.76. The zero-order valence-electron chi connectivity index (χ0n) is 8.99. The maximum Gasteiger partial charge on any atom is 0.220 e. The molecule has 2 rings (SSSR count). The molecule has 86 valence electrons.